The van der Waals surface area contributed by atoms with Crippen molar-refractivity contribution in [3.05, 3.63) is 64.3 Å². The van der Waals surface area contributed by atoms with Crippen molar-refractivity contribution in [2.75, 3.05) is 26.3 Å². The van der Waals surface area contributed by atoms with E-state index in [0.717, 1.165) is 0 Å². The fraction of sp³-hybridized carbons (Fsp3) is 0.312. The molecule has 0 N–H and O–H groups in total. The predicted octanol–water partition coefficient (Wildman–Crippen LogP) is 1.06. The maximum Gasteiger partial charge on any atom is 0.250 e. The van der Waals surface area contributed by atoms with Gasteiger partial charge in [0.25, 0.3) is 5.56 Å². The number of hydrogen-bond donors (Lipinski definition) is 0. The number of nitrogens with zero attached hydrogens (tertiary/aromatic N) is 2. The van der Waals surface area contributed by atoms with Crippen molar-refractivity contribution < 1.29 is 17.5 Å². The zero-order chi connectivity index (χ0) is 17.2. The van der Waals surface area contributed by atoms with Crippen LogP contribution in [0.2, 0.25) is 0 Å². The molecule has 3 rings (SSSR count). The van der Waals surface area contributed by atoms with Crippen molar-refractivity contribution in [1.29, 1.82) is 0 Å². The summed E-state index contributed by atoms with van der Waals surface area (Å²) in [6.45, 7) is 1.20. The molecule has 0 aliphatic carbocycles. The Morgan fingerprint density at radius 2 is 1.79 bits per heavy atom. The molecule has 2 aromatic rings. The van der Waals surface area contributed by atoms with Crippen molar-refractivity contribution in [1.82, 2.24) is 8.87 Å². The van der Waals surface area contributed by atoms with Crippen LogP contribution in [0.5, 0.6) is 0 Å². The van der Waals surface area contributed by atoms with Crippen LogP contribution in [0.4, 0.5) is 4.39 Å². The first-order valence-corrected chi connectivity index (χ1v) is 8.94. The Kier molecular flexibility index (Phi) is 4.79. The summed E-state index contributed by atoms with van der Waals surface area (Å²) < 4.78 is 46.8. The van der Waals surface area contributed by atoms with Crippen molar-refractivity contribution in [3.63, 3.8) is 0 Å². The predicted molar refractivity (Wildman–Crippen MR) is 85.8 cm³/mol. The number of ether oxygens (including phenoxy) is 1. The smallest absolute Gasteiger partial charge is 0.250 e. The Morgan fingerprint density at radius 1 is 1.08 bits per heavy atom. The van der Waals surface area contributed by atoms with Crippen molar-refractivity contribution in [2.24, 2.45) is 0 Å². The Labute approximate surface area is 139 Å². The van der Waals surface area contributed by atoms with Gasteiger partial charge in [-0.15, -0.1) is 0 Å². The van der Waals surface area contributed by atoms with Gasteiger partial charge < -0.3 is 9.30 Å². The lowest BCUT2D eigenvalue weighted by molar-refractivity contribution is 0.0730. The van der Waals surface area contributed by atoms with Crippen LogP contribution < -0.4 is 5.56 Å². The second kappa shape index (κ2) is 6.84. The van der Waals surface area contributed by atoms with Gasteiger partial charge in [-0.1, -0.05) is 18.2 Å². The number of benzene rings is 1. The zero-order valence-electron chi connectivity index (χ0n) is 12.9. The fourth-order valence-corrected chi connectivity index (χ4v) is 3.96. The number of aromatic nitrogens is 1. The third-order valence-corrected chi connectivity index (χ3v) is 5.74. The van der Waals surface area contributed by atoms with Gasteiger partial charge in [0, 0.05) is 30.9 Å². The van der Waals surface area contributed by atoms with Crippen molar-refractivity contribution in [2.45, 2.75) is 11.4 Å². The number of sulfonamides is 1. The van der Waals surface area contributed by atoms with E-state index in [1.807, 2.05) is 0 Å². The second-order valence-corrected chi connectivity index (χ2v) is 7.38. The van der Waals surface area contributed by atoms with Gasteiger partial charge >= 0.3 is 0 Å². The average molecular weight is 352 g/mol. The molecule has 0 saturated carbocycles. The average Bonchev–Trinajstić information content (AvgIpc) is 2.59. The van der Waals surface area contributed by atoms with Crippen molar-refractivity contribution in [3.8, 4) is 0 Å². The second-order valence-electron chi connectivity index (χ2n) is 5.44. The van der Waals surface area contributed by atoms with Crippen LogP contribution in [0, 0.1) is 5.82 Å². The molecule has 0 spiro atoms. The third kappa shape index (κ3) is 3.40. The van der Waals surface area contributed by atoms with E-state index in [9.17, 15) is 17.6 Å². The number of rotatable bonds is 4. The lowest BCUT2D eigenvalue weighted by Gasteiger charge is -2.26. The summed E-state index contributed by atoms with van der Waals surface area (Å²) in [5.74, 6) is -0.439. The van der Waals surface area contributed by atoms with Gasteiger partial charge in [0.2, 0.25) is 10.0 Å². The molecule has 2 heterocycles. The molecule has 8 heteroatoms. The topological polar surface area (TPSA) is 68.6 Å². The van der Waals surface area contributed by atoms with Crippen LogP contribution in [0.3, 0.4) is 0 Å². The first-order chi connectivity index (χ1) is 11.5. The maximum atomic E-state index is 13.8. The zero-order valence-corrected chi connectivity index (χ0v) is 13.7. The highest BCUT2D eigenvalue weighted by Crippen LogP contribution is 2.16. The lowest BCUT2D eigenvalue weighted by atomic mass is 10.2. The van der Waals surface area contributed by atoms with E-state index in [2.05, 4.69) is 0 Å². The molecule has 1 saturated heterocycles. The molecule has 1 aliphatic rings. The lowest BCUT2D eigenvalue weighted by Crippen LogP contribution is -2.41. The molecule has 1 aliphatic heterocycles. The van der Waals surface area contributed by atoms with Gasteiger partial charge in [0.15, 0.2) is 0 Å². The van der Waals surface area contributed by atoms with Gasteiger partial charge in [-0.25, -0.2) is 12.8 Å². The summed E-state index contributed by atoms with van der Waals surface area (Å²) >= 11 is 0. The summed E-state index contributed by atoms with van der Waals surface area (Å²) in [6.07, 6.45) is 1.26. The van der Waals surface area contributed by atoms with Gasteiger partial charge in [0.05, 0.1) is 24.7 Å². The standard InChI is InChI=1S/C16H17FN2O4S/c17-15-4-2-1-3-13(15)11-18-12-14(5-6-16(18)20)24(21,22)19-7-9-23-10-8-19/h1-6,12H,7-11H2. The highest BCUT2D eigenvalue weighted by atomic mass is 32.2. The normalized spacial score (nSPS) is 16.2. The first kappa shape index (κ1) is 16.8. The van der Waals surface area contributed by atoms with E-state index in [1.54, 1.807) is 18.2 Å². The molecule has 0 bridgehead atoms. The van der Waals surface area contributed by atoms with Gasteiger partial charge in [-0.2, -0.15) is 4.31 Å². The monoisotopic (exact) mass is 352 g/mol. The number of hydrogen-bond acceptors (Lipinski definition) is 4. The van der Waals surface area contributed by atoms with Gasteiger partial charge in [0.1, 0.15) is 5.82 Å². The summed E-state index contributed by atoms with van der Waals surface area (Å²) in [6, 6.07) is 8.55. The summed E-state index contributed by atoms with van der Waals surface area (Å²) in [5, 5.41) is 0. The van der Waals surface area contributed by atoms with Crippen LogP contribution >= 0.6 is 0 Å². The number of pyridine rings is 1. The molecule has 0 atom stereocenters. The minimum atomic E-state index is -3.70. The van der Waals surface area contributed by atoms with E-state index >= 15 is 0 Å². The van der Waals surface area contributed by atoms with Crippen LogP contribution in [0.15, 0.2) is 52.3 Å². The molecule has 1 aromatic heterocycles. The Hall–Kier alpha value is -2.03. The SMILES string of the molecule is O=c1ccc(S(=O)(=O)N2CCOCC2)cn1Cc1ccccc1F. The largest absolute Gasteiger partial charge is 0.379 e. The molecular weight excluding hydrogens is 335 g/mol. The van der Waals surface area contributed by atoms with Crippen LogP contribution in [0.25, 0.3) is 0 Å². The van der Waals surface area contributed by atoms with E-state index in [0.29, 0.717) is 18.8 Å². The summed E-state index contributed by atoms with van der Waals surface area (Å²) in [4.78, 5) is 12.0. The molecule has 128 valence electrons. The minimum absolute atomic E-state index is 0.0142. The van der Waals surface area contributed by atoms with E-state index < -0.39 is 15.8 Å². The minimum Gasteiger partial charge on any atom is -0.379 e. The highest BCUT2D eigenvalue weighted by Gasteiger charge is 2.26. The van der Waals surface area contributed by atoms with Crippen molar-refractivity contribution >= 4 is 10.0 Å². The fourth-order valence-electron chi connectivity index (χ4n) is 2.53. The van der Waals surface area contributed by atoms with Gasteiger partial charge in [-0.05, 0) is 12.1 Å². The Bertz CT molecular complexity index is 889. The molecule has 0 radical (unpaired) electrons. The van der Waals surface area contributed by atoms with Crippen LogP contribution in [-0.2, 0) is 21.3 Å². The first-order valence-electron chi connectivity index (χ1n) is 7.50. The quantitative estimate of drug-likeness (QED) is 0.825. The molecule has 6 nitrogen and oxygen atoms in total. The molecular formula is C16H17FN2O4S. The third-order valence-electron chi connectivity index (χ3n) is 3.86. The Balaban J connectivity index is 1.94. The number of morpholine rings is 1. The van der Waals surface area contributed by atoms with Gasteiger partial charge in [-0.3, -0.25) is 4.79 Å². The molecule has 1 aromatic carbocycles. The summed E-state index contributed by atoms with van der Waals surface area (Å²) in [5.41, 5.74) is -0.0697. The highest BCUT2D eigenvalue weighted by molar-refractivity contribution is 7.89. The molecule has 0 amide bonds. The molecule has 24 heavy (non-hydrogen) atoms. The van der Waals surface area contributed by atoms with E-state index in [-0.39, 0.29) is 30.1 Å². The molecule has 1 fully saturated rings. The summed E-state index contributed by atoms with van der Waals surface area (Å²) in [7, 11) is -3.70. The number of halogens is 1. The van der Waals surface area contributed by atoms with Crippen LogP contribution in [0.1, 0.15) is 5.56 Å². The maximum absolute atomic E-state index is 13.8. The van der Waals surface area contributed by atoms with E-state index in [4.69, 9.17) is 4.74 Å². The van der Waals surface area contributed by atoms with E-state index in [1.165, 1.54) is 33.3 Å². The van der Waals surface area contributed by atoms with Crippen LogP contribution in [-0.4, -0.2) is 43.6 Å². The molecule has 0 unspecified atom stereocenters. The Morgan fingerprint density at radius 3 is 2.50 bits per heavy atom.